The van der Waals surface area contributed by atoms with Crippen LogP contribution in [0.2, 0.25) is 0 Å². The van der Waals surface area contributed by atoms with Gasteiger partial charge in [0.25, 0.3) is 0 Å². The number of piperazine rings is 1. The average molecular weight is 322 g/mol. The highest BCUT2D eigenvalue weighted by atomic mass is 16.2. The van der Waals surface area contributed by atoms with Gasteiger partial charge < -0.3 is 9.80 Å². The highest BCUT2D eigenvalue weighted by Crippen LogP contribution is 2.24. The Kier molecular flexibility index (Phi) is 5.94. The quantitative estimate of drug-likeness (QED) is 0.775. The zero-order valence-electron chi connectivity index (χ0n) is 15.0. The number of piperidine rings is 1. The predicted octanol–water partition coefficient (Wildman–Crippen LogP) is 1.10. The number of carbonyl (C=O) groups excluding carboxylic acids is 1. The van der Waals surface area contributed by atoms with Gasteiger partial charge in [0.05, 0.1) is 6.54 Å². The molecule has 1 amide bonds. The lowest BCUT2D eigenvalue weighted by Gasteiger charge is -2.39. The van der Waals surface area contributed by atoms with Gasteiger partial charge in [0.1, 0.15) is 0 Å². The average Bonchev–Trinajstić information content (AvgIpc) is 3.10. The Morgan fingerprint density at radius 3 is 2.09 bits per heavy atom. The normalized spacial score (nSPS) is 26.3. The summed E-state index contributed by atoms with van der Waals surface area (Å²) in [6.45, 7) is 6.79. The van der Waals surface area contributed by atoms with E-state index in [-0.39, 0.29) is 0 Å². The molecule has 1 saturated carbocycles. The van der Waals surface area contributed by atoms with E-state index in [0.29, 0.717) is 18.5 Å². The Hall–Kier alpha value is -0.650. The Morgan fingerprint density at radius 2 is 1.52 bits per heavy atom. The molecule has 0 spiro atoms. The van der Waals surface area contributed by atoms with E-state index in [1.165, 1.54) is 38.5 Å². The summed E-state index contributed by atoms with van der Waals surface area (Å²) in [7, 11) is 4.32. The molecule has 23 heavy (non-hydrogen) atoms. The lowest BCUT2D eigenvalue weighted by Crippen LogP contribution is -2.54. The molecule has 3 fully saturated rings. The lowest BCUT2D eigenvalue weighted by molar-refractivity contribution is -0.134. The van der Waals surface area contributed by atoms with Crippen LogP contribution in [-0.4, -0.2) is 97.5 Å². The Bertz CT molecular complexity index is 378. The van der Waals surface area contributed by atoms with Crippen LogP contribution in [0.4, 0.5) is 0 Å². The van der Waals surface area contributed by atoms with E-state index < -0.39 is 0 Å². The molecular formula is C18H34N4O. The van der Waals surface area contributed by atoms with Crippen molar-refractivity contribution in [3.8, 4) is 0 Å². The second kappa shape index (κ2) is 7.95. The van der Waals surface area contributed by atoms with Gasteiger partial charge >= 0.3 is 0 Å². The fourth-order valence-corrected chi connectivity index (χ4v) is 4.49. The molecule has 0 aromatic carbocycles. The third-order valence-electron chi connectivity index (χ3n) is 6.15. The fourth-order valence-electron chi connectivity index (χ4n) is 4.49. The molecule has 1 aliphatic carbocycles. The van der Waals surface area contributed by atoms with Crippen LogP contribution in [0.1, 0.15) is 38.5 Å². The largest absolute Gasteiger partial charge is 0.339 e. The molecule has 0 aromatic rings. The topological polar surface area (TPSA) is 30.0 Å². The second-order valence-electron chi connectivity index (χ2n) is 7.83. The molecular weight excluding hydrogens is 288 g/mol. The Labute approximate surface area is 141 Å². The SMILES string of the molecule is CN(C)C1CCN(CC(=O)N2CCN(C3CCCC3)CC2)CC1. The Morgan fingerprint density at radius 1 is 0.913 bits per heavy atom. The molecule has 0 unspecified atom stereocenters. The summed E-state index contributed by atoms with van der Waals surface area (Å²) in [5.41, 5.74) is 0. The number of rotatable bonds is 4. The molecule has 5 heteroatoms. The number of hydrogen-bond acceptors (Lipinski definition) is 4. The third-order valence-corrected chi connectivity index (χ3v) is 6.15. The second-order valence-corrected chi connectivity index (χ2v) is 7.83. The van der Waals surface area contributed by atoms with Crippen LogP contribution in [0, 0.1) is 0 Å². The molecule has 5 nitrogen and oxygen atoms in total. The number of amides is 1. The highest BCUT2D eigenvalue weighted by molar-refractivity contribution is 5.78. The summed E-state index contributed by atoms with van der Waals surface area (Å²) >= 11 is 0. The first-order valence-electron chi connectivity index (χ1n) is 9.54. The zero-order chi connectivity index (χ0) is 16.2. The van der Waals surface area contributed by atoms with Gasteiger partial charge in [0, 0.05) is 51.4 Å². The maximum absolute atomic E-state index is 12.6. The van der Waals surface area contributed by atoms with Crippen molar-refractivity contribution in [2.45, 2.75) is 50.6 Å². The van der Waals surface area contributed by atoms with E-state index in [4.69, 9.17) is 0 Å². The van der Waals surface area contributed by atoms with Crippen LogP contribution >= 0.6 is 0 Å². The monoisotopic (exact) mass is 322 g/mol. The molecule has 132 valence electrons. The fraction of sp³-hybridized carbons (Fsp3) is 0.944. The molecule has 0 radical (unpaired) electrons. The van der Waals surface area contributed by atoms with Gasteiger partial charge in [-0.05, 0) is 39.8 Å². The third kappa shape index (κ3) is 4.46. The molecule has 0 aromatic heterocycles. The summed E-state index contributed by atoms with van der Waals surface area (Å²) in [5.74, 6) is 0.347. The van der Waals surface area contributed by atoms with Crippen molar-refractivity contribution in [2.75, 3.05) is 59.9 Å². The molecule has 2 aliphatic heterocycles. The molecule has 2 saturated heterocycles. The van der Waals surface area contributed by atoms with Gasteiger partial charge in [0.15, 0.2) is 0 Å². The number of likely N-dealkylation sites (tertiary alicyclic amines) is 1. The number of carbonyl (C=O) groups is 1. The minimum absolute atomic E-state index is 0.347. The van der Waals surface area contributed by atoms with Gasteiger partial charge in [-0.2, -0.15) is 0 Å². The lowest BCUT2D eigenvalue weighted by atomic mass is 10.0. The van der Waals surface area contributed by atoms with Crippen LogP contribution in [-0.2, 0) is 4.79 Å². The van der Waals surface area contributed by atoms with Crippen molar-refractivity contribution < 1.29 is 4.79 Å². The van der Waals surface area contributed by atoms with Crippen molar-refractivity contribution in [2.24, 2.45) is 0 Å². The number of nitrogens with zero attached hydrogens (tertiary/aromatic N) is 4. The van der Waals surface area contributed by atoms with E-state index in [2.05, 4.69) is 33.7 Å². The van der Waals surface area contributed by atoms with Gasteiger partial charge in [-0.15, -0.1) is 0 Å². The van der Waals surface area contributed by atoms with Crippen LogP contribution in [0.5, 0.6) is 0 Å². The van der Waals surface area contributed by atoms with Gasteiger partial charge in [-0.1, -0.05) is 12.8 Å². The highest BCUT2D eigenvalue weighted by Gasteiger charge is 2.29. The molecule has 0 N–H and O–H groups in total. The van der Waals surface area contributed by atoms with Crippen molar-refractivity contribution in [3.05, 3.63) is 0 Å². The molecule has 3 rings (SSSR count). The first kappa shape index (κ1) is 17.2. The predicted molar refractivity (Wildman–Crippen MR) is 93.6 cm³/mol. The summed E-state index contributed by atoms with van der Waals surface area (Å²) in [5, 5.41) is 0. The van der Waals surface area contributed by atoms with E-state index in [0.717, 1.165) is 45.3 Å². The van der Waals surface area contributed by atoms with Crippen molar-refractivity contribution >= 4 is 5.91 Å². The molecule has 2 heterocycles. The maximum Gasteiger partial charge on any atom is 0.236 e. The summed E-state index contributed by atoms with van der Waals surface area (Å²) in [6, 6.07) is 1.49. The van der Waals surface area contributed by atoms with Crippen molar-refractivity contribution in [3.63, 3.8) is 0 Å². The van der Waals surface area contributed by atoms with E-state index >= 15 is 0 Å². The minimum atomic E-state index is 0.347. The smallest absolute Gasteiger partial charge is 0.236 e. The Balaban J connectivity index is 1.38. The zero-order valence-corrected chi connectivity index (χ0v) is 15.0. The van der Waals surface area contributed by atoms with Crippen LogP contribution in [0.15, 0.2) is 0 Å². The van der Waals surface area contributed by atoms with Crippen LogP contribution < -0.4 is 0 Å². The standard InChI is InChI=1S/C18H34N4O/c1-19(2)16-7-9-20(10-8-16)15-18(23)22-13-11-21(12-14-22)17-5-3-4-6-17/h16-17H,3-15H2,1-2H3. The molecule has 0 atom stereocenters. The van der Waals surface area contributed by atoms with Crippen LogP contribution in [0.3, 0.4) is 0 Å². The van der Waals surface area contributed by atoms with Crippen molar-refractivity contribution in [1.82, 2.24) is 19.6 Å². The van der Waals surface area contributed by atoms with E-state index in [1.807, 2.05) is 0 Å². The van der Waals surface area contributed by atoms with Gasteiger partial charge in [0.2, 0.25) is 5.91 Å². The van der Waals surface area contributed by atoms with Crippen LogP contribution in [0.25, 0.3) is 0 Å². The summed E-state index contributed by atoms with van der Waals surface area (Å²) < 4.78 is 0. The summed E-state index contributed by atoms with van der Waals surface area (Å²) in [6.07, 6.45) is 7.91. The van der Waals surface area contributed by atoms with Crippen molar-refractivity contribution in [1.29, 1.82) is 0 Å². The molecule has 3 aliphatic rings. The molecule has 0 bridgehead atoms. The summed E-state index contributed by atoms with van der Waals surface area (Å²) in [4.78, 5) is 22.0. The van der Waals surface area contributed by atoms with E-state index in [9.17, 15) is 4.79 Å². The number of hydrogen-bond donors (Lipinski definition) is 0. The van der Waals surface area contributed by atoms with Gasteiger partial charge in [-0.25, -0.2) is 0 Å². The first-order valence-corrected chi connectivity index (χ1v) is 9.54. The van der Waals surface area contributed by atoms with E-state index in [1.54, 1.807) is 0 Å². The van der Waals surface area contributed by atoms with Gasteiger partial charge in [-0.3, -0.25) is 14.6 Å². The first-order chi connectivity index (χ1) is 11.1. The maximum atomic E-state index is 12.6. The minimum Gasteiger partial charge on any atom is -0.339 e.